The molecule has 0 saturated heterocycles. The van der Waals surface area contributed by atoms with Crippen molar-refractivity contribution in [2.24, 2.45) is 0 Å². The predicted octanol–water partition coefficient (Wildman–Crippen LogP) is 4.69. The Hall–Kier alpha value is -2.09. The number of aldehydes is 1. The zero-order valence-electron chi connectivity index (χ0n) is 12.2. The molecular weight excluding hydrogens is 248 g/mol. The van der Waals surface area contributed by atoms with Crippen molar-refractivity contribution in [2.75, 3.05) is 7.11 Å². The molecule has 20 heavy (non-hydrogen) atoms. The van der Waals surface area contributed by atoms with Crippen molar-refractivity contribution in [1.29, 1.82) is 0 Å². The molecule has 0 spiro atoms. The van der Waals surface area contributed by atoms with Crippen LogP contribution in [0.5, 0.6) is 5.75 Å². The molecule has 0 N–H and O–H groups in total. The van der Waals surface area contributed by atoms with Gasteiger partial charge in [0.25, 0.3) is 0 Å². The Bertz CT molecular complexity index is 585. The number of carbonyl (C=O) groups excluding carboxylic acids is 1. The minimum atomic E-state index is 0.561. The number of hydrogen-bond donors (Lipinski definition) is 0. The van der Waals surface area contributed by atoms with Gasteiger partial charge in [-0.1, -0.05) is 38.1 Å². The lowest BCUT2D eigenvalue weighted by Gasteiger charge is -2.11. The van der Waals surface area contributed by atoms with Crippen LogP contribution in [0, 0.1) is 0 Å². The van der Waals surface area contributed by atoms with Gasteiger partial charge in [-0.15, -0.1) is 0 Å². The maximum absolute atomic E-state index is 11.2. The Kier molecular flexibility index (Phi) is 4.57. The summed E-state index contributed by atoms with van der Waals surface area (Å²) in [5.41, 5.74) is 3.98. The highest BCUT2D eigenvalue weighted by molar-refractivity contribution is 5.88. The minimum Gasteiger partial charge on any atom is -0.497 e. The van der Waals surface area contributed by atoms with Crippen molar-refractivity contribution in [3.63, 3.8) is 0 Å². The van der Waals surface area contributed by atoms with Crippen LogP contribution in [0.25, 0.3) is 11.1 Å². The maximum Gasteiger partial charge on any atom is 0.150 e. The van der Waals surface area contributed by atoms with Gasteiger partial charge < -0.3 is 4.74 Å². The number of carbonyl (C=O) groups is 1. The van der Waals surface area contributed by atoms with Crippen LogP contribution < -0.4 is 4.74 Å². The third-order valence-electron chi connectivity index (χ3n) is 3.79. The van der Waals surface area contributed by atoms with Gasteiger partial charge in [0.05, 0.1) is 7.11 Å². The zero-order chi connectivity index (χ0) is 14.5. The van der Waals surface area contributed by atoms with E-state index in [1.54, 1.807) is 13.2 Å². The summed E-state index contributed by atoms with van der Waals surface area (Å²) < 4.78 is 5.15. The summed E-state index contributed by atoms with van der Waals surface area (Å²) in [5.74, 6) is 1.26. The number of methoxy groups -OCH3 is 1. The van der Waals surface area contributed by atoms with Crippen molar-refractivity contribution in [1.82, 2.24) is 0 Å². The summed E-state index contributed by atoms with van der Waals surface area (Å²) in [4.78, 5) is 11.2. The van der Waals surface area contributed by atoms with E-state index in [2.05, 4.69) is 38.1 Å². The molecule has 2 aromatic rings. The molecule has 0 aliphatic carbocycles. The minimum absolute atomic E-state index is 0.561. The fourth-order valence-electron chi connectivity index (χ4n) is 2.26. The van der Waals surface area contributed by atoms with Gasteiger partial charge in [0.15, 0.2) is 6.29 Å². The first-order valence-corrected chi connectivity index (χ1v) is 6.93. The second-order valence-electron chi connectivity index (χ2n) is 5.00. The van der Waals surface area contributed by atoms with E-state index in [1.807, 2.05) is 12.1 Å². The van der Waals surface area contributed by atoms with Gasteiger partial charge in [-0.3, -0.25) is 4.79 Å². The second kappa shape index (κ2) is 6.38. The highest BCUT2D eigenvalue weighted by Gasteiger charge is 2.08. The van der Waals surface area contributed by atoms with Gasteiger partial charge in [-0.2, -0.15) is 0 Å². The quantitative estimate of drug-likeness (QED) is 0.735. The van der Waals surface area contributed by atoms with Crippen LogP contribution >= 0.6 is 0 Å². The molecule has 1 unspecified atom stereocenters. The van der Waals surface area contributed by atoms with E-state index in [-0.39, 0.29) is 0 Å². The van der Waals surface area contributed by atoms with E-state index in [9.17, 15) is 4.79 Å². The molecule has 0 heterocycles. The molecule has 2 nitrogen and oxygen atoms in total. The van der Waals surface area contributed by atoms with Gasteiger partial charge in [-0.25, -0.2) is 0 Å². The summed E-state index contributed by atoms with van der Waals surface area (Å²) in [6.45, 7) is 4.41. The van der Waals surface area contributed by atoms with Crippen LogP contribution in [0.15, 0.2) is 42.5 Å². The van der Waals surface area contributed by atoms with Gasteiger partial charge in [0.1, 0.15) is 5.75 Å². The lowest BCUT2D eigenvalue weighted by atomic mass is 9.94. The van der Waals surface area contributed by atoms with Gasteiger partial charge in [0, 0.05) is 5.56 Å². The first-order chi connectivity index (χ1) is 9.69. The smallest absolute Gasteiger partial charge is 0.150 e. The van der Waals surface area contributed by atoms with E-state index in [0.717, 1.165) is 23.8 Å². The SMILES string of the molecule is CCC(C)c1ccc(-c2ccc(OC)cc2C=O)cc1. The van der Waals surface area contributed by atoms with Crippen LogP contribution in [-0.4, -0.2) is 13.4 Å². The molecule has 0 radical (unpaired) electrons. The summed E-state index contributed by atoms with van der Waals surface area (Å²) in [6.07, 6.45) is 2.00. The summed E-state index contributed by atoms with van der Waals surface area (Å²) in [6, 6.07) is 14.0. The Morgan fingerprint density at radius 2 is 1.85 bits per heavy atom. The van der Waals surface area contributed by atoms with Crippen LogP contribution in [-0.2, 0) is 0 Å². The molecule has 0 aliphatic rings. The Morgan fingerprint density at radius 3 is 2.40 bits per heavy atom. The van der Waals surface area contributed by atoms with Gasteiger partial charge in [-0.05, 0) is 47.2 Å². The number of benzene rings is 2. The fraction of sp³-hybridized carbons (Fsp3) is 0.278. The fourth-order valence-corrected chi connectivity index (χ4v) is 2.26. The van der Waals surface area contributed by atoms with Gasteiger partial charge >= 0.3 is 0 Å². The molecule has 104 valence electrons. The second-order valence-corrected chi connectivity index (χ2v) is 5.00. The first-order valence-electron chi connectivity index (χ1n) is 6.93. The average Bonchev–Trinajstić information content (AvgIpc) is 2.53. The molecule has 2 heteroatoms. The van der Waals surface area contributed by atoms with Crippen LogP contribution in [0.1, 0.15) is 42.1 Å². The molecule has 1 atom stereocenters. The summed E-state index contributed by atoms with van der Waals surface area (Å²) >= 11 is 0. The van der Waals surface area contributed by atoms with Crippen molar-refractivity contribution in [3.05, 3.63) is 53.6 Å². The Morgan fingerprint density at radius 1 is 1.15 bits per heavy atom. The first kappa shape index (κ1) is 14.3. The predicted molar refractivity (Wildman–Crippen MR) is 82.5 cm³/mol. The summed E-state index contributed by atoms with van der Waals surface area (Å²) in [5, 5.41) is 0. The van der Waals surface area contributed by atoms with Crippen molar-refractivity contribution >= 4 is 6.29 Å². The van der Waals surface area contributed by atoms with E-state index in [0.29, 0.717) is 17.2 Å². The van der Waals surface area contributed by atoms with E-state index < -0.39 is 0 Å². The lowest BCUT2D eigenvalue weighted by molar-refractivity contribution is 0.112. The molecule has 0 amide bonds. The van der Waals surface area contributed by atoms with E-state index in [1.165, 1.54) is 5.56 Å². The average molecular weight is 268 g/mol. The standard InChI is InChI=1S/C18H20O2/c1-4-13(2)14-5-7-15(8-6-14)18-10-9-17(20-3)11-16(18)12-19/h5-13H,4H2,1-3H3. The topological polar surface area (TPSA) is 26.3 Å². The zero-order valence-corrected chi connectivity index (χ0v) is 12.2. The molecule has 2 aromatic carbocycles. The number of ether oxygens (including phenoxy) is 1. The van der Waals surface area contributed by atoms with Crippen LogP contribution in [0.3, 0.4) is 0 Å². The maximum atomic E-state index is 11.2. The third kappa shape index (κ3) is 2.90. The normalized spacial score (nSPS) is 11.9. The number of rotatable bonds is 5. The van der Waals surface area contributed by atoms with Crippen molar-refractivity contribution in [3.8, 4) is 16.9 Å². The Labute approximate surface area is 120 Å². The molecule has 0 saturated carbocycles. The highest BCUT2D eigenvalue weighted by Crippen LogP contribution is 2.28. The molecule has 2 rings (SSSR count). The third-order valence-corrected chi connectivity index (χ3v) is 3.79. The Balaban J connectivity index is 2.38. The largest absolute Gasteiger partial charge is 0.497 e. The van der Waals surface area contributed by atoms with Crippen molar-refractivity contribution in [2.45, 2.75) is 26.2 Å². The van der Waals surface area contributed by atoms with Crippen LogP contribution in [0.4, 0.5) is 0 Å². The summed E-state index contributed by atoms with van der Waals surface area (Å²) in [7, 11) is 1.60. The van der Waals surface area contributed by atoms with Crippen molar-refractivity contribution < 1.29 is 9.53 Å². The lowest BCUT2D eigenvalue weighted by Crippen LogP contribution is -1.93. The number of hydrogen-bond acceptors (Lipinski definition) is 2. The molecular formula is C18H20O2. The highest BCUT2D eigenvalue weighted by atomic mass is 16.5. The monoisotopic (exact) mass is 268 g/mol. The van der Waals surface area contributed by atoms with E-state index >= 15 is 0 Å². The molecule has 0 bridgehead atoms. The molecule has 0 aliphatic heterocycles. The van der Waals surface area contributed by atoms with E-state index in [4.69, 9.17) is 4.74 Å². The molecule has 0 aromatic heterocycles. The van der Waals surface area contributed by atoms with Crippen LogP contribution in [0.2, 0.25) is 0 Å². The van der Waals surface area contributed by atoms with Gasteiger partial charge in [0.2, 0.25) is 0 Å². The molecule has 0 fully saturated rings.